The molecule has 1 unspecified atom stereocenters. The van der Waals surface area contributed by atoms with Gasteiger partial charge in [-0.2, -0.15) is 0 Å². The highest BCUT2D eigenvalue weighted by atomic mass is 16.4. The van der Waals surface area contributed by atoms with E-state index in [0.29, 0.717) is 11.3 Å². The van der Waals surface area contributed by atoms with Gasteiger partial charge in [-0.15, -0.1) is 12.3 Å². The lowest BCUT2D eigenvalue weighted by atomic mass is 10.1. The number of carbonyl (C=O) groups excluding carboxylic acids is 2. The minimum absolute atomic E-state index is 0.115. The zero-order valence-corrected chi connectivity index (χ0v) is 10.8. The van der Waals surface area contributed by atoms with E-state index in [4.69, 9.17) is 11.5 Å². The number of carboxylic acid groups (broad SMARTS) is 1. The number of hydrogen-bond donors (Lipinski definition) is 3. The molecule has 20 heavy (non-hydrogen) atoms. The third-order valence-corrected chi connectivity index (χ3v) is 2.45. The maximum absolute atomic E-state index is 11.6. The molecule has 0 saturated heterocycles. The van der Waals surface area contributed by atoms with Crippen LogP contribution in [-0.4, -0.2) is 28.9 Å². The van der Waals surface area contributed by atoms with Crippen molar-refractivity contribution in [1.82, 2.24) is 5.32 Å². The molecule has 6 nitrogen and oxygen atoms in total. The SMILES string of the molecule is C#CCC(NC(=O)Nc1cccc(C(C)=O)c1)C(=O)O. The van der Waals surface area contributed by atoms with Crippen molar-refractivity contribution in [2.45, 2.75) is 19.4 Å². The molecule has 0 fully saturated rings. The molecule has 3 N–H and O–H groups in total. The second-order valence-corrected chi connectivity index (χ2v) is 4.03. The van der Waals surface area contributed by atoms with Crippen LogP contribution in [0.5, 0.6) is 0 Å². The van der Waals surface area contributed by atoms with Crippen molar-refractivity contribution in [2.75, 3.05) is 5.32 Å². The number of amides is 2. The standard InChI is InChI=1S/C14H14N2O4/c1-3-5-12(13(18)19)16-14(20)15-11-7-4-6-10(8-11)9(2)17/h1,4,6-8,12H,5H2,2H3,(H,18,19)(H2,15,16,20). The first kappa shape index (κ1) is 15.2. The Balaban J connectivity index is 2.71. The van der Waals surface area contributed by atoms with Crippen molar-refractivity contribution in [3.63, 3.8) is 0 Å². The topological polar surface area (TPSA) is 95.5 Å². The smallest absolute Gasteiger partial charge is 0.327 e. The molecule has 0 radical (unpaired) electrons. The number of rotatable bonds is 5. The Bertz CT molecular complexity index is 575. The second kappa shape index (κ2) is 6.95. The Morgan fingerprint density at radius 2 is 2.10 bits per heavy atom. The molecular weight excluding hydrogens is 260 g/mol. The molecule has 1 atom stereocenters. The molecule has 0 saturated carbocycles. The fourth-order valence-corrected chi connectivity index (χ4v) is 1.46. The summed E-state index contributed by atoms with van der Waals surface area (Å²) in [5.41, 5.74) is 0.834. The molecule has 0 bridgehead atoms. The summed E-state index contributed by atoms with van der Waals surface area (Å²) in [6.07, 6.45) is 4.91. The van der Waals surface area contributed by atoms with Crippen LogP contribution in [0.15, 0.2) is 24.3 Å². The number of terminal acetylenes is 1. The van der Waals surface area contributed by atoms with Crippen LogP contribution in [0, 0.1) is 12.3 Å². The first-order valence-corrected chi connectivity index (χ1v) is 5.79. The molecular formula is C14H14N2O4. The number of anilines is 1. The van der Waals surface area contributed by atoms with E-state index in [0.717, 1.165) is 0 Å². The lowest BCUT2D eigenvalue weighted by Gasteiger charge is -2.13. The zero-order valence-electron chi connectivity index (χ0n) is 10.8. The minimum Gasteiger partial charge on any atom is -0.480 e. The van der Waals surface area contributed by atoms with Gasteiger partial charge in [0.05, 0.1) is 0 Å². The van der Waals surface area contributed by atoms with Crippen LogP contribution in [0.3, 0.4) is 0 Å². The van der Waals surface area contributed by atoms with E-state index in [1.165, 1.54) is 13.0 Å². The number of hydrogen-bond acceptors (Lipinski definition) is 3. The van der Waals surface area contributed by atoms with Crippen molar-refractivity contribution in [1.29, 1.82) is 0 Å². The van der Waals surface area contributed by atoms with E-state index >= 15 is 0 Å². The van der Waals surface area contributed by atoms with Gasteiger partial charge in [-0.25, -0.2) is 9.59 Å². The van der Waals surface area contributed by atoms with Gasteiger partial charge in [0, 0.05) is 17.7 Å². The fourth-order valence-electron chi connectivity index (χ4n) is 1.46. The van der Waals surface area contributed by atoms with E-state index in [9.17, 15) is 14.4 Å². The molecule has 1 rings (SSSR count). The Hall–Kier alpha value is -2.81. The predicted molar refractivity (Wildman–Crippen MR) is 73.5 cm³/mol. The maximum Gasteiger partial charge on any atom is 0.327 e. The molecule has 0 aliphatic carbocycles. The molecule has 0 aliphatic heterocycles. The summed E-state index contributed by atoms with van der Waals surface area (Å²) >= 11 is 0. The van der Waals surface area contributed by atoms with Crippen LogP contribution in [-0.2, 0) is 4.79 Å². The zero-order chi connectivity index (χ0) is 15.1. The number of carboxylic acids is 1. The van der Waals surface area contributed by atoms with Crippen molar-refractivity contribution < 1.29 is 19.5 Å². The molecule has 1 aromatic rings. The highest BCUT2D eigenvalue weighted by Crippen LogP contribution is 2.11. The van der Waals surface area contributed by atoms with Gasteiger partial charge in [0.2, 0.25) is 0 Å². The number of ketones is 1. The Labute approximate surface area is 116 Å². The Kier molecular flexibility index (Phi) is 5.30. The molecule has 2 amide bonds. The first-order valence-electron chi connectivity index (χ1n) is 5.79. The maximum atomic E-state index is 11.6. The molecule has 0 heterocycles. The molecule has 0 spiro atoms. The summed E-state index contributed by atoms with van der Waals surface area (Å²) in [6.45, 7) is 1.41. The Morgan fingerprint density at radius 1 is 1.40 bits per heavy atom. The summed E-state index contributed by atoms with van der Waals surface area (Å²) in [7, 11) is 0. The normalized spacial score (nSPS) is 11.0. The third-order valence-electron chi connectivity index (χ3n) is 2.45. The van der Waals surface area contributed by atoms with E-state index in [1.54, 1.807) is 18.2 Å². The average molecular weight is 274 g/mol. The van der Waals surface area contributed by atoms with Crippen LogP contribution in [0.4, 0.5) is 10.5 Å². The summed E-state index contributed by atoms with van der Waals surface area (Å²) < 4.78 is 0. The molecule has 0 aliphatic rings. The van der Waals surface area contributed by atoms with Crippen LogP contribution < -0.4 is 10.6 Å². The van der Waals surface area contributed by atoms with Gasteiger partial charge in [0.1, 0.15) is 6.04 Å². The monoisotopic (exact) mass is 274 g/mol. The summed E-state index contributed by atoms with van der Waals surface area (Å²) in [6, 6.07) is 4.46. The van der Waals surface area contributed by atoms with Crippen molar-refractivity contribution in [3.05, 3.63) is 29.8 Å². The number of benzene rings is 1. The number of carbonyl (C=O) groups is 3. The van der Waals surface area contributed by atoms with Gasteiger partial charge in [-0.3, -0.25) is 4.79 Å². The van der Waals surface area contributed by atoms with Crippen molar-refractivity contribution in [3.8, 4) is 12.3 Å². The van der Waals surface area contributed by atoms with Crippen molar-refractivity contribution >= 4 is 23.5 Å². The number of aliphatic carboxylic acids is 1. The highest BCUT2D eigenvalue weighted by molar-refractivity contribution is 5.97. The van der Waals surface area contributed by atoms with Gasteiger partial charge in [0.15, 0.2) is 5.78 Å². The average Bonchev–Trinajstić information content (AvgIpc) is 2.38. The van der Waals surface area contributed by atoms with E-state index < -0.39 is 18.0 Å². The van der Waals surface area contributed by atoms with Crippen LogP contribution in [0.1, 0.15) is 23.7 Å². The fraction of sp³-hybridized carbons (Fsp3) is 0.214. The van der Waals surface area contributed by atoms with Crippen LogP contribution in [0.2, 0.25) is 0 Å². The number of Topliss-reactive ketones (excluding diaryl/α,β-unsaturated/α-hetero) is 1. The van der Waals surface area contributed by atoms with Crippen LogP contribution in [0.25, 0.3) is 0 Å². The minimum atomic E-state index is -1.21. The van der Waals surface area contributed by atoms with Gasteiger partial charge in [-0.05, 0) is 19.1 Å². The second-order valence-electron chi connectivity index (χ2n) is 4.03. The highest BCUT2D eigenvalue weighted by Gasteiger charge is 2.18. The molecule has 6 heteroatoms. The number of urea groups is 1. The first-order chi connectivity index (χ1) is 9.43. The summed E-state index contributed by atoms with van der Waals surface area (Å²) in [5, 5.41) is 13.5. The molecule has 104 valence electrons. The summed E-state index contributed by atoms with van der Waals surface area (Å²) in [5.74, 6) is 0.828. The van der Waals surface area contributed by atoms with Gasteiger partial charge < -0.3 is 15.7 Å². The lowest BCUT2D eigenvalue weighted by molar-refractivity contribution is -0.139. The number of nitrogens with one attached hydrogen (secondary N) is 2. The van der Waals surface area contributed by atoms with Crippen LogP contribution >= 0.6 is 0 Å². The Morgan fingerprint density at radius 3 is 2.65 bits per heavy atom. The van der Waals surface area contributed by atoms with E-state index in [-0.39, 0.29) is 12.2 Å². The summed E-state index contributed by atoms with van der Waals surface area (Å²) in [4.78, 5) is 33.7. The largest absolute Gasteiger partial charge is 0.480 e. The molecule has 0 aromatic heterocycles. The van der Waals surface area contributed by atoms with E-state index in [1.807, 2.05) is 0 Å². The lowest BCUT2D eigenvalue weighted by Crippen LogP contribution is -2.42. The third kappa shape index (κ3) is 4.46. The van der Waals surface area contributed by atoms with Gasteiger partial charge >= 0.3 is 12.0 Å². The predicted octanol–water partition coefficient (Wildman–Crippen LogP) is 1.49. The van der Waals surface area contributed by atoms with Gasteiger partial charge in [0.25, 0.3) is 0 Å². The van der Waals surface area contributed by atoms with Crippen molar-refractivity contribution in [2.24, 2.45) is 0 Å². The van der Waals surface area contributed by atoms with Gasteiger partial charge in [-0.1, -0.05) is 12.1 Å². The molecule has 1 aromatic carbocycles. The van der Waals surface area contributed by atoms with E-state index in [2.05, 4.69) is 16.6 Å². The quantitative estimate of drug-likeness (QED) is 0.560.